The fourth-order valence-electron chi connectivity index (χ4n) is 2.07. The molecule has 0 fully saturated rings. The van der Waals surface area contributed by atoms with E-state index in [0.717, 1.165) is 0 Å². The summed E-state index contributed by atoms with van der Waals surface area (Å²) in [5, 5.41) is 14.9. The zero-order chi connectivity index (χ0) is 13.9. The number of rotatable bonds is 4. The number of nitro benzene ring substituents is 1. The summed E-state index contributed by atoms with van der Waals surface area (Å²) in [6.07, 6.45) is 3.18. The van der Waals surface area contributed by atoms with Crippen LogP contribution in [0.25, 0.3) is 10.9 Å². The summed E-state index contributed by atoms with van der Waals surface area (Å²) in [7, 11) is 0. The number of anilines is 1. The van der Waals surface area contributed by atoms with Crippen molar-refractivity contribution in [1.29, 1.82) is 0 Å². The number of nitrogens with one attached hydrogen (secondary N) is 1. The van der Waals surface area contributed by atoms with E-state index in [0.29, 0.717) is 28.9 Å². The second-order valence-electron chi connectivity index (χ2n) is 4.22. The van der Waals surface area contributed by atoms with Crippen LogP contribution >= 0.6 is 0 Å². The molecule has 100 valence electrons. The molecule has 1 aromatic carbocycles. The van der Waals surface area contributed by atoms with Crippen LogP contribution in [0.1, 0.15) is 5.76 Å². The van der Waals surface area contributed by atoms with E-state index in [1.807, 2.05) is 0 Å². The molecule has 0 aliphatic carbocycles. The van der Waals surface area contributed by atoms with Crippen molar-refractivity contribution in [3.8, 4) is 0 Å². The topological polar surface area (TPSA) is 81.2 Å². The highest BCUT2D eigenvalue weighted by molar-refractivity contribution is 5.94. The highest BCUT2D eigenvalue weighted by atomic mass is 16.6. The Kier molecular flexibility index (Phi) is 3.04. The Balaban J connectivity index is 2.01. The van der Waals surface area contributed by atoms with Gasteiger partial charge in [0.1, 0.15) is 11.4 Å². The molecule has 0 atom stereocenters. The second kappa shape index (κ2) is 5.00. The molecular formula is C14H11N3O3. The molecular weight excluding hydrogens is 258 g/mol. The first kappa shape index (κ1) is 12.2. The Morgan fingerprint density at radius 2 is 2.15 bits per heavy atom. The standard InChI is InChI=1S/C14H11N3O3/c18-17(19)14-11-4-1-7-15-12(11)5-6-13(14)16-9-10-3-2-8-20-10/h1-8,16H,9H2. The van der Waals surface area contributed by atoms with Crippen LogP contribution in [-0.4, -0.2) is 9.91 Å². The molecule has 0 saturated carbocycles. The van der Waals surface area contributed by atoms with Gasteiger partial charge in [-0.15, -0.1) is 0 Å². The van der Waals surface area contributed by atoms with Crippen molar-refractivity contribution in [2.45, 2.75) is 6.54 Å². The van der Waals surface area contributed by atoms with Gasteiger partial charge in [-0.1, -0.05) is 0 Å². The SMILES string of the molecule is O=[N+]([O-])c1c(NCc2ccco2)ccc2ncccc12. The normalized spacial score (nSPS) is 10.6. The molecule has 3 aromatic rings. The summed E-state index contributed by atoms with van der Waals surface area (Å²) in [6.45, 7) is 0.389. The number of nitro groups is 1. The number of benzene rings is 1. The van der Waals surface area contributed by atoms with E-state index in [-0.39, 0.29) is 5.69 Å². The van der Waals surface area contributed by atoms with Gasteiger partial charge in [-0.25, -0.2) is 0 Å². The van der Waals surface area contributed by atoms with E-state index < -0.39 is 4.92 Å². The first-order valence-corrected chi connectivity index (χ1v) is 6.04. The lowest BCUT2D eigenvalue weighted by molar-refractivity contribution is -0.382. The molecule has 1 N–H and O–H groups in total. The third-order valence-corrected chi connectivity index (χ3v) is 2.97. The molecule has 0 unspecified atom stereocenters. The monoisotopic (exact) mass is 269 g/mol. The van der Waals surface area contributed by atoms with E-state index >= 15 is 0 Å². The lowest BCUT2D eigenvalue weighted by Gasteiger charge is -2.07. The number of hydrogen-bond donors (Lipinski definition) is 1. The van der Waals surface area contributed by atoms with Gasteiger partial charge in [-0.3, -0.25) is 15.1 Å². The van der Waals surface area contributed by atoms with Crippen molar-refractivity contribution in [2.24, 2.45) is 0 Å². The van der Waals surface area contributed by atoms with Gasteiger partial charge in [-0.2, -0.15) is 0 Å². The predicted octanol–water partition coefficient (Wildman–Crippen LogP) is 3.35. The Labute approximate surface area is 114 Å². The van der Waals surface area contributed by atoms with Crippen LogP contribution in [0.4, 0.5) is 11.4 Å². The van der Waals surface area contributed by atoms with Crippen LogP contribution in [0.3, 0.4) is 0 Å². The number of fused-ring (bicyclic) bond motifs is 1. The lowest BCUT2D eigenvalue weighted by Crippen LogP contribution is -2.02. The van der Waals surface area contributed by atoms with Crippen molar-refractivity contribution < 1.29 is 9.34 Å². The van der Waals surface area contributed by atoms with Gasteiger partial charge in [0.15, 0.2) is 0 Å². The summed E-state index contributed by atoms with van der Waals surface area (Å²) < 4.78 is 5.20. The van der Waals surface area contributed by atoms with E-state index in [1.165, 1.54) is 0 Å². The molecule has 0 bridgehead atoms. The number of nitrogens with zero attached hydrogens (tertiary/aromatic N) is 2. The summed E-state index contributed by atoms with van der Waals surface area (Å²) in [5.74, 6) is 0.714. The van der Waals surface area contributed by atoms with Crippen LogP contribution in [-0.2, 0) is 6.54 Å². The van der Waals surface area contributed by atoms with Crippen LogP contribution in [0.2, 0.25) is 0 Å². The maximum absolute atomic E-state index is 11.3. The van der Waals surface area contributed by atoms with Gasteiger partial charge < -0.3 is 9.73 Å². The first-order valence-electron chi connectivity index (χ1n) is 6.04. The predicted molar refractivity (Wildman–Crippen MR) is 74.4 cm³/mol. The minimum absolute atomic E-state index is 0.0298. The molecule has 2 aromatic heterocycles. The second-order valence-corrected chi connectivity index (χ2v) is 4.22. The van der Waals surface area contributed by atoms with Crippen LogP contribution < -0.4 is 5.32 Å². The van der Waals surface area contributed by atoms with Crippen LogP contribution in [0.15, 0.2) is 53.3 Å². The molecule has 0 aliphatic rings. The van der Waals surface area contributed by atoms with Crippen LogP contribution in [0.5, 0.6) is 0 Å². The minimum atomic E-state index is -0.394. The molecule has 20 heavy (non-hydrogen) atoms. The van der Waals surface area contributed by atoms with Crippen LogP contribution in [0, 0.1) is 10.1 Å². The maximum Gasteiger partial charge on any atom is 0.301 e. The zero-order valence-corrected chi connectivity index (χ0v) is 10.4. The highest BCUT2D eigenvalue weighted by Crippen LogP contribution is 2.32. The minimum Gasteiger partial charge on any atom is -0.467 e. The molecule has 0 saturated heterocycles. The first-order chi connectivity index (χ1) is 9.75. The summed E-state index contributed by atoms with van der Waals surface area (Å²) in [5.41, 5.74) is 1.08. The third-order valence-electron chi connectivity index (χ3n) is 2.97. The average Bonchev–Trinajstić information content (AvgIpc) is 2.97. The van der Waals surface area contributed by atoms with Gasteiger partial charge in [-0.05, 0) is 36.4 Å². The fourth-order valence-corrected chi connectivity index (χ4v) is 2.07. The number of pyridine rings is 1. The summed E-state index contributed by atoms with van der Waals surface area (Å²) >= 11 is 0. The van der Waals surface area contributed by atoms with Gasteiger partial charge in [0, 0.05) is 6.20 Å². The van der Waals surface area contributed by atoms with Crippen molar-refractivity contribution in [3.63, 3.8) is 0 Å². The van der Waals surface area contributed by atoms with E-state index in [2.05, 4.69) is 10.3 Å². The molecule has 6 nitrogen and oxygen atoms in total. The molecule has 0 radical (unpaired) electrons. The number of aromatic nitrogens is 1. The van der Waals surface area contributed by atoms with Crippen molar-refractivity contribution in [2.75, 3.05) is 5.32 Å². The van der Waals surface area contributed by atoms with E-state index in [4.69, 9.17) is 4.42 Å². The molecule has 0 spiro atoms. The average molecular weight is 269 g/mol. The molecule has 3 rings (SSSR count). The summed E-state index contributed by atoms with van der Waals surface area (Å²) in [6, 6.07) is 10.4. The largest absolute Gasteiger partial charge is 0.467 e. The Bertz CT molecular complexity index is 753. The maximum atomic E-state index is 11.3. The molecule has 2 heterocycles. The van der Waals surface area contributed by atoms with E-state index in [1.54, 1.807) is 48.9 Å². The smallest absolute Gasteiger partial charge is 0.301 e. The Morgan fingerprint density at radius 1 is 1.25 bits per heavy atom. The lowest BCUT2D eigenvalue weighted by atomic mass is 10.1. The van der Waals surface area contributed by atoms with Crippen molar-refractivity contribution >= 4 is 22.3 Å². The van der Waals surface area contributed by atoms with Gasteiger partial charge in [0.25, 0.3) is 0 Å². The van der Waals surface area contributed by atoms with Crippen molar-refractivity contribution in [3.05, 3.63) is 64.7 Å². The summed E-state index contributed by atoms with van der Waals surface area (Å²) in [4.78, 5) is 15.0. The number of furan rings is 1. The Morgan fingerprint density at radius 3 is 2.90 bits per heavy atom. The molecule has 6 heteroatoms. The number of hydrogen-bond acceptors (Lipinski definition) is 5. The quantitative estimate of drug-likeness (QED) is 0.580. The molecule has 0 aliphatic heterocycles. The van der Waals surface area contributed by atoms with Gasteiger partial charge >= 0.3 is 5.69 Å². The zero-order valence-electron chi connectivity index (χ0n) is 10.4. The van der Waals surface area contributed by atoms with Crippen molar-refractivity contribution in [1.82, 2.24) is 4.98 Å². The fraction of sp³-hybridized carbons (Fsp3) is 0.0714. The highest BCUT2D eigenvalue weighted by Gasteiger charge is 2.18. The van der Waals surface area contributed by atoms with Gasteiger partial charge in [0.05, 0.1) is 28.6 Å². The Hall–Kier alpha value is -2.89. The molecule has 0 amide bonds. The van der Waals surface area contributed by atoms with E-state index in [9.17, 15) is 10.1 Å². The third kappa shape index (κ3) is 2.18. The van der Waals surface area contributed by atoms with Gasteiger partial charge in [0.2, 0.25) is 0 Å².